The number of hydrogen-bond acceptors (Lipinski definition) is 4. The maximum atomic E-state index is 9.55. The third kappa shape index (κ3) is 5.69. The fourth-order valence-electron chi connectivity index (χ4n) is 2.51. The van der Waals surface area contributed by atoms with Gasteiger partial charge in [-0.15, -0.1) is 24.0 Å². The van der Waals surface area contributed by atoms with Crippen LogP contribution in [0.2, 0.25) is 0 Å². The standard InChI is InChI=1S/C19H23N3O3.HI/c1-2-20-19(21-13-14-5-3-6-16(23)11-14)22-15-7-8-17-18(12-15)25-10-4-9-24-17;/h3,5-8,11-12,23H,2,4,9-10,13H2,1H3,(H2,20,21,22);1H. The van der Waals surface area contributed by atoms with E-state index in [1.807, 2.05) is 37.3 Å². The van der Waals surface area contributed by atoms with E-state index in [2.05, 4.69) is 15.6 Å². The summed E-state index contributed by atoms with van der Waals surface area (Å²) in [6.45, 7) is 4.56. The Balaban J connectivity index is 0.00000243. The molecule has 6 nitrogen and oxygen atoms in total. The number of phenolic OH excluding ortho intramolecular Hbond substituents is 1. The highest BCUT2D eigenvalue weighted by molar-refractivity contribution is 14.0. The van der Waals surface area contributed by atoms with Crippen LogP contribution >= 0.6 is 24.0 Å². The first-order valence-electron chi connectivity index (χ1n) is 8.47. The summed E-state index contributed by atoms with van der Waals surface area (Å²) in [5.41, 5.74) is 1.82. The summed E-state index contributed by atoms with van der Waals surface area (Å²) in [5, 5.41) is 16.0. The van der Waals surface area contributed by atoms with E-state index >= 15 is 0 Å². The molecule has 0 bridgehead atoms. The monoisotopic (exact) mass is 469 g/mol. The fourth-order valence-corrected chi connectivity index (χ4v) is 2.51. The van der Waals surface area contributed by atoms with Crippen molar-refractivity contribution in [3.05, 3.63) is 48.0 Å². The normalized spacial score (nSPS) is 13.3. The number of nitrogens with one attached hydrogen (secondary N) is 2. The van der Waals surface area contributed by atoms with Crippen LogP contribution in [0, 0.1) is 0 Å². The van der Waals surface area contributed by atoms with Gasteiger partial charge in [0.1, 0.15) is 5.75 Å². The van der Waals surface area contributed by atoms with Crippen molar-refractivity contribution in [1.29, 1.82) is 0 Å². The van der Waals surface area contributed by atoms with Crippen molar-refractivity contribution in [1.82, 2.24) is 5.32 Å². The van der Waals surface area contributed by atoms with Crippen LogP contribution in [0.5, 0.6) is 17.2 Å². The number of anilines is 1. The number of benzene rings is 2. The van der Waals surface area contributed by atoms with Gasteiger partial charge in [-0.05, 0) is 36.8 Å². The van der Waals surface area contributed by atoms with Gasteiger partial charge in [0.05, 0.1) is 19.8 Å². The predicted octanol–water partition coefficient (Wildman–Crippen LogP) is 3.75. The predicted molar refractivity (Wildman–Crippen MR) is 114 cm³/mol. The van der Waals surface area contributed by atoms with Gasteiger partial charge in [-0.2, -0.15) is 0 Å². The van der Waals surface area contributed by atoms with E-state index in [0.717, 1.165) is 35.7 Å². The maximum Gasteiger partial charge on any atom is 0.196 e. The number of aromatic hydroxyl groups is 1. The Labute approximate surface area is 170 Å². The molecule has 0 amide bonds. The number of nitrogens with zero attached hydrogens (tertiary/aromatic N) is 1. The van der Waals surface area contributed by atoms with Gasteiger partial charge in [-0.3, -0.25) is 0 Å². The number of hydrogen-bond donors (Lipinski definition) is 3. The quantitative estimate of drug-likeness (QED) is 0.362. The lowest BCUT2D eigenvalue weighted by atomic mass is 10.2. The summed E-state index contributed by atoms with van der Waals surface area (Å²) in [7, 11) is 0. The number of phenols is 1. The lowest BCUT2D eigenvalue weighted by molar-refractivity contribution is 0.297. The summed E-state index contributed by atoms with van der Waals surface area (Å²) in [6, 6.07) is 12.9. The Morgan fingerprint density at radius 3 is 2.69 bits per heavy atom. The Morgan fingerprint density at radius 1 is 1.12 bits per heavy atom. The molecule has 140 valence electrons. The topological polar surface area (TPSA) is 75.1 Å². The van der Waals surface area contributed by atoms with Gasteiger partial charge in [-0.25, -0.2) is 4.99 Å². The second-order valence-corrected chi connectivity index (χ2v) is 5.70. The van der Waals surface area contributed by atoms with Crippen molar-refractivity contribution < 1.29 is 14.6 Å². The minimum atomic E-state index is 0. The first-order valence-corrected chi connectivity index (χ1v) is 8.47. The molecule has 0 spiro atoms. The molecular formula is C19H24IN3O3. The van der Waals surface area contributed by atoms with Crippen molar-refractivity contribution in [3.63, 3.8) is 0 Å². The Bertz CT molecular complexity index is 753. The molecular weight excluding hydrogens is 445 g/mol. The van der Waals surface area contributed by atoms with Crippen molar-refractivity contribution in [2.24, 2.45) is 4.99 Å². The van der Waals surface area contributed by atoms with E-state index in [9.17, 15) is 5.11 Å². The van der Waals surface area contributed by atoms with Crippen molar-refractivity contribution >= 4 is 35.6 Å². The molecule has 1 heterocycles. The number of aliphatic imine (C=N–C) groups is 1. The van der Waals surface area contributed by atoms with Crippen molar-refractivity contribution in [2.75, 3.05) is 25.1 Å². The highest BCUT2D eigenvalue weighted by Crippen LogP contribution is 2.32. The second kappa shape index (κ2) is 10.1. The number of rotatable bonds is 4. The van der Waals surface area contributed by atoms with E-state index in [1.54, 1.807) is 12.1 Å². The molecule has 0 unspecified atom stereocenters. The first kappa shape index (κ1) is 20.2. The average molecular weight is 469 g/mol. The van der Waals surface area contributed by atoms with Crippen LogP contribution in [0.3, 0.4) is 0 Å². The highest BCUT2D eigenvalue weighted by Gasteiger charge is 2.11. The van der Waals surface area contributed by atoms with Crippen molar-refractivity contribution in [3.8, 4) is 17.2 Å². The summed E-state index contributed by atoms with van der Waals surface area (Å²) < 4.78 is 11.4. The summed E-state index contributed by atoms with van der Waals surface area (Å²) >= 11 is 0. The van der Waals surface area contributed by atoms with E-state index < -0.39 is 0 Å². The molecule has 0 saturated carbocycles. The molecule has 0 aliphatic carbocycles. The minimum Gasteiger partial charge on any atom is -0.508 e. The highest BCUT2D eigenvalue weighted by atomic mass is 127. The van der Waals surface area contributed by atoms with Gasteiger partial charge in [0, 0.05) is 24.7 Å². The summed E-state index contributed by atoms with van der Waals surface area (Å²) in [6.07, 6.45) is 0.880. The molecule has 0 atom stereocenters. The molecule has 2 aromatic carbocycles. The summed E-state index contributed by atoms with van der Waals surface area (Å²) in [5.74, 6) is 2.42. The van der Waals surface area contributed by atoms with Crippen LogP contribution in [0.4, 0.5) is 5.69 Å². The average Bonchev–Trinajstić information content (AvgIpc) is 2.85. The van der Waals surface area contributed by atoms with Gasteiger partial charge >= 0.3 is 0 Å². The zero-order valence-electron chi connectivity index (χ0n) is 14.7. The van der Waals surface area contributed by atoms with Crippen LogP contribution in [-0.2, 0) is 6.54 Å². The van der Waals surface area contributed by atoms with Crippen LogP contribution in [0.25, 0.3) is 0 Å². The van der Waals surface area contributed by atoms with Gasteiger partial charge in [0.15, 0.2) is 17.5 Å². The number of guanidine groups is 1. The molecule has 0 fully saturated rings. The molecule has 1 aliphatic rings. The Morgan fingerprint density at radius 2 is 1.92 bits per heavy atom. The van der Waals surface area contributed by atoms with Crippen LogP contribution in [0.1, 0.15) is 18.9 Å². The number of fused-ring (bicyclic) bond motifs is 1. The molecule has 3 rings (SSSR count). The fraction of sp³-hybridized carbons (Fsp3) is 0.316. The number of ether oxygens (including phenoxy) is 2. The summed E-state index contributed by atoms with van der Waals surface area (Å²) in [4.78, 5) is 4.56. The van der Waals surface area contributed by atoms with Crippen molar-refractivity contribution in [2.45, 2.75) is 19.9 Å². The molecule has 26 heavy (non-hydrogen) atoms. The maximum absolute atomic E-state index is 9.55. The molecule has 0 aromatic heterocycles. The lowest BCUT2D eigenvalue weighted by Gasteiger charge is -2.13. The van der Waals surface area contributed by atoms with Crippen LogP contribution < -0.4 is 20.1 Å². The van der Waals surface area contributed by atoms with Crippen LogP contribution in [-0.4, -0.2) is 30.8 Å². The Kier molecular flexibility index (Phi) is 7.83. The number of halogens is 1. The van der Waals surface area contributed by atoms with E-state index in [-0.39, 0.29) is 29.7 Å². The second-order valence-electron chi connectivity index (χ2n) is 5.70. The van der Waals surface area contributed by atoms with Gasteiger partial charge < -0.3 is 25.2 Å². The lowest BCUT2D eigenvalue weighted by Crippen LogP contribution is -2.30. The minimum absolute atomic E-state index is 0. The largest absolute Gasteiger partial charge is 0.508 e. The SMILES string of the molecule is CCNC(=NCc1cccc(O)c1)Nc1ccc2c(c1)OCCCO2.I. The molecule has 2 aromatic rings. The first-order chi connectivity index (χ1) is 12.2. The van der Waals surface area contributed by atoms with Gasteiger partial charge in [0.25, 0.3) is 0 Å². The van der Waals surface area contributed by atoms with E-state index in [4.69, 9.17) is 9.47 Å². The van der Waals surface area contributed by atoms with Crippen LogP contribution in [0.15, 0.2) is 47.5 Å². The molecule has 0 saturated heterocycles. The zero-order valence-corrected chi connectivity index (χ0v) is 17.0. The molecule has 3 N–H and O–H groups in total. The molecule has 0 radical (unpaired) electrons. The van der Waals surface area contributed by atoms with Gasteiger partial charge in [0.2, 0.25) is 0 Å². The van der Waals surface area contributed by atoms with Gasteiger partial charge in [-0.1, -0.05) is 12.1 Å². The molecule has 7 heteroatoms. The molecule has 1 aliphatic heterocycles. The van der Waals surface area contributed by atoms with E-state index in [0.29, 0.717) is 25.7 Å². The Hall–Kier alpha value is -2.16. The van der Waals surface area contributed by atoms with E-state index in [1.165, 1.54) is 0 Å². The third-order valence-electron chi connectivity index (χ3n) is 3.68. The third-order valence-corrected chi connectivity index (χ3v) is 3.68. The zero-order chi connectivity index (χ0) is 17.5. The smallest absolute Gasteiger partial charge is 0.196 e.